The lowest BCUT2D eigenvalue weighted by atomic mass is 10.0. The molecule has 0 radical (unpaired) electrons. The highest BCUT2D eigenvalue weighted by molar-refractivity contribution is 7.45. The van der Waals surface area contributed by atoms with E-state index in [0.717, 1.165) is 51.4 Å². The molecule has 0 heterocycles. The molecule has 0 aliphatic heterocycles. The van der Waals surface area contributed by atoms with Crippen molar-refractivity contribution in [3.05, 3.63) is 72.9 Å². The van der Waals surface area contributed by atoms with Crippen molar-refractivity contribution < 1.29 is 37.3 Å². The molecule has 0 bridgehead atoms. The normalized spacial score (nSPS) is 14.3. The number of hydrogen-bond donors (Lipinski definition) is 0. The van der Waals surface area contributed by atoms with Crippen molar-refractivity contribution in [3.8, 4) is 0 Å². The molecule has 0 saturated heterocycles. The molecule has 0 saturated carbocycles. The van der Waals surface area contributed by atoms with Gasteiger partial charge in [-0.1, -0.05) is 196 Å². The van der Waals surface area contributed by atoms with Crippen molar-refractivity contribution in [2.45, 2.75) is 187 Å². The van der Waals surface area contributed by atoms with Crippen LogP contribution in [0.1, 0.15) is 181 Å². The molecule has 0 N–H and O–H groups in total. The third-order valence-corrected chi connectivity index (χ3v) is 10.7. The van der Waals surface area contributed by atoms with E-state index in [1.54, 1.807) is 0 Å². The van der Waals surface area contributed by atoms with E-state index >= 15 is 0 Å². The van der Waals surface area contributed by atoms with E-state index in [-0.39, 0.29) is 26.2 Å². The van der Waals surface area contributed by atoms with Crippen LogP contribution in [0.5, 0.6) is 0 Å². The van der Waals surface area contributed by atoms with Crippen molar-refractivity contribution in [1.29, 1.82) is 0 Å². The summed E-state index contributed by atoms with van der Waals surface area (Å²) in [6.45, 7) is 5.20. The molecular weight excluding hydrogens is 758 g/mol. The predicted octanol–water partition coefficient (Wildman–Crippen LogP) is 13.6. The van der Waals surface area contributed by atoms with Crippen LogP contribution in [0.3, 0.4) is 0 Å². The number of ether oxygens (including phenoxy) is 2. The van der Waals surface area contributed by atoms with Crippen molar-refractivity contribution in [2.75, 3.05) is 54.1 Å². The van der Waals surface area contributed by atoms with E-state index in [4.69, 9.17) is 18.5 Å². The molecule has 2 atom stereocenters. The largest absolute Gasteiger partial charge is 0.756 e. The van der Waals surface area contributed by atoms with Crippen molar-refractivity contribution in [1.82, 2.24) is 0 Å². The van der Waals surface area contributed by atoms with Gasteiger partial charge in [0, 0.05) is 13.0 Å². The second kappa shape index (κ2) is 42.6. The van der Waals surface area contributed by atoms with Gasteiger partial charge in [0.25, 0.3) is 7.82 Å². The summed E-state index contributed by atoms with van der Waals surface area (Å²) in [7, 11) is 1.31. The Morgan fingerprint density at radius 1 is 0.542 bits per heavy atom. The van der Waals surface area contributed by atoms with Crippen molar-refractivity contribution >= 4 is 13.8 Å². The number of phosphoric acid groups is 1. The number of likely N-dealkylation sites (N-methyl/N-ethyl adjacent to an activating group) is 1. The maximum absolute atomic E-state index is 12.7. The minimum absolute atomic E-state index is 0.0105. The fourth-order valence-electron chi connectivity index (χ4n) is 6.16. The first-order chi connectivity index (χ1) is 28.6. The standard InChI is InChI=1S/C50H90NO7P/c1-6-8-10-12-14-16-18-20-22-24-26-27-29-31-33-35-37-39-41-43-50(52)58-49(48-57-59(53,54)56-46-44-51(3,4)5)47-55-45-42-40-38-36-34-32-30-28-25-23-21-19-17-15-13-11-9-7-2/h8,10,14,16,20,22,26-27,31,33,37,39,49H,6-7,9,11-13,15,17-19,21,23-25,28-30,32,34-36,38,40-48H2,1-5H3/b10-8-,16-14-,22-20-,27-26-,33-31-,39-37-/t49-/m1/s1. The van der Waals surface area contributed by atoms with Crippen LogP contribution in [0.2, 0.25) is 0 Å². The van der Waals surface area contributed by atoms with Gasteiger partial charge in [-0.05, 0) is 51.4 Å². The van der Waals surface area contributed by atoms with E-state index in [2.05, 4.69) is 74.6 Å². The number of nitrogens with zero attached hydrogens (tertiary/aromatic N) is 1. The summed E-state index contributed by atoms with van der Waals surface area (Å²) in [5, 5.41) is 0. The highest BCUT2D eigenvalue weighted by atomic mass is 31.2. The van der Waals surface area contributed by atoms with E-state index < -0.39 is 19.9 Å². The second-order valence-corrected chi connectivity index (χ2v) is 18.2. The Labute approximate surface area is 363 Å². The fourth-order valence-corrected chi connectivity index (χ4v) is 6.89. The highest BCUT2D eigenvalue weighted by Crippen LogP contribution is 2.38. The molecule has 0 aromatic heterocycles. The third-order valence-electron chi connectivity index (χ3n) is 9.79. The number of esters is 1. The number of rotatable bonds is 43. The van der Waals surface area contributed by atoms with Crippen LogP contribution in [0.15, 0.2) is 72.9 Å². The van der Waals surface area contributed by atoms with Gasteiger partial charge < -0.3 is 27.9 Å². The SMILES string of the molecule is CC/C=C\C/C=C\C/C=C\C/C=C\C/C=C\C/C=C\CCC(=O)O[C@H](COCCCCCCCCCCCCCCCCCCCC)COP(=O)([O-])OCC[N+](C)(C)C. The van der Waals surface area contributed by atoms with Gasteiger partial charge in [0.2, 0.25) is 0 Å². The van der Waals surface area contributed by atoms with Gasteiger partial charge in [0.1, 0.15) is 19.3 Å². The van der Waals surface area contributed by atoms with E-state index in [1.807, 2.05) is 33.3 Å². The number of hydrogen-bond acceptors (Lipinski definition) is 7. The number of carbonyl (C=O) groups excluding carboxylic acids is 1. The Morgan fingerprint density at radius 3 is 1.37 bits per heavy atom. The summed E-state index contributed by atoms with van der Waals surface area (Å²) in [6, 6.07) is 0. The Morgan fingerprint density at radius 2 is 0.949 bits per heavy atom. The molecule has 0 amide bonds. The lowest BCUT2D eigenvalue weighted by molar-refractivity contribution is -0.870. The van der Waals surface area contributed by atoms with Crippen molar-refractivity contribution in [2.24, 2.45) is 0 Å². The summed E-state index contributed by atoms with van der Waals surface area (Å²) < 4.78 is 34.6. The number of carbonyl (C=O) groups is 1. The first kappa shape index (κ1) is 56.9. The number of phosphoric ester groups is 1. The van der Waals surface area contributed by atoms with Crippen LogP contribution in [-0.4, -0.2) is 70.7 Å². The van der Waals surface area contributed by atoms with Crippen LogP contribution in [0.25, 0.3) is 0 Å². The van der Waals surface area contributed by atoms with E-state index in [1.165, 1.54) is 103 Å². The first-order valence-corrected chi connectivity index (χ1v) is 25.1. The number of unbranched alkanes of at least 4 members (excludes halogenated alkanes) is 17. The highest BCUT2D eigenvalue weighted by Gasteiger charge is 2.20. The monoisotopic (exact) mass is 848 g/mol. The lowest BCUT2D eigenvalue weighted by Gasteiger charge is -2.28. The quantitative estimate of drug-likeness (QED) is 0.0198. The minimum Gasteiger partial charge on any atom is -0.756 e. The third kappa shape index (κ3) is 46.9. The van der Waals surface area contributed by atoms with Crippen LogP contribution in [0.4, 0.5) is 0 Å². The Balaban J connectivity index is 4.32. The topological polar surface area (TPSA) is 94.1 Å². The molecule has 8 nitrogen and oxygen atoms in total. The Kier molecular flexibility index (Phi) is 41.1. The zero-order valence-electron chi connectivity index (χ0n) is 38.7. The molecule has 0 aliphatic carbocycles. The van der Waals surface area contributed by atoms with E-state index in [9.17, 15) is 14.3 Å². The zero-order chi connectivity index (χ0) is 43.4. The maximum Gasteiger partial charge on any atom is 0.306 e. The average Bonchev–Trinajstić information content (AvgIpc) is 3.19. The molecular formula is C50H90NO7P. The summed E-state index contributed by atoms with van der Waals surface area (Å²) >= 11 is 0. The molecule has 0 fully saturated rings. The summed E-state index contributed by atoms with van der Waals surface area (Å²) in [4.78, 5) is 25.1. The molecule has 59 heavy (non-hydrogen) atoms. The molecule has 0 aromatic rings. The predicted molar refractivity (Wildman–Crippen MR) is 249 cm³/mol. The van der Waals surface area contributed by atoms with Crippen LogP contribution < -0.4 is 4.89 Å². The molecule has 0 aliphatic rings. The zero-order valence-corrected chi connectivity index (χ0v) is 39.6. The summed E-state index contributed by atoms with van der Waals surface area (Å²) in [5.74, 6) is -0.415. The summed E-state index contributed by atoms with van der Waals surface area (Å²) in [6.07, 6.45) is 55.1. The molecule has 9 heteroatoms. The second-order valence-electron chi connectivity index (χ2n) is 16.7. The molecule has 1 unspecified atom stereocenters. The van der Waals surface area contributed by atoms with Gasteiger partial charge in [0.15, 0.2) is 0 Å². The Bertz CT molecular complexity index is 1170. The van der Waals surface area contributed by atoms with Crippen LogP contribution >= 0.6 is 7.82 Å². The van der Waals surface area contributed by atoms with Crippen LogP contribution in [0, 0.1) is 0 Å². The minimum atomic E-state index is -4.55. The fraction of sp³-hybridized carbons (Fsp3) is 0.740. The van der Waals surface area contributed by atoms with Gasteiger partial charge in [-0.15, -0.1) is 0 Å². The first-order valence-electron chi connectivity index (χ1n) is 23.7. The van der Waals surface area contributed by atoms with E-state index in [0.29, 0.717) is 24.1 Å². The number of allylic oxidation sites excluding steroid dienone is 12. The molecule has 0 aromatic carbocycles. The van der Waals surface area contributed by atoms with Gasteiger partial charge in [-0.3, -0.25) is 9.36 Å². The Hall–Kier alpha value is -2.06. The van der Waals surface area contributed by atoms with Crippen LogP contribution in [-0.2, 0) is 27.9 Å². The van der Waals surface area contributed by atoms with Crippen molar-refractivity contribution in [3.63, 3.8) is 0 Å². The van der Waals surface area contributed by atoms with Gasteiger partial charge >= 0.3 is 5.97 Å². The van der Waals surface area contributed by atoms with Gasteiger partial charge in [0.05, 0.1) is 34.4 Å². The molecule has 0 spiro atoms. The maximum atomic E-state index is 12.7. The lowest BCUT2D eigenvalue weighted by Crippen LogP contribution is -2.37. The average molecular weight is 848 g/mol. The van der Waals surface area contributed by atoms with Gasteiger partial charge in [-0.25, -0.2) is 0 Å². The molecule has 0 rings (SSSR count). The smallest absolute Gasteiger partial charge is 0.306 e. The number of quaternary nitrogens is 1. The van der Waals surface area contributed by atoms with Gasteiger partial charge in [-0.2, -0.15) is 0 Å². The molecule has 342 valence electrons. The summed E-state index contributed by atoms with van der Waals surface area (Å²) in [5.41, 5.74) is 0.